The molecule has 0 spiro atoms. The fraction of sp³-hybridized carbons (Fsp3) is 0.625. The summed E-state index contributed by atoms with van der Waals surface area (Å²) >= 11 is 0. The molecular formula is C8H14N2O. The van der Waals surface area contributed by atoms with E-state index in [-0.39, 0.29) is 0 Å². The van der Waals surface area contributed by atoms with Crippen molar-refractivity contribution in [2.75, 3.05) is 7.05 Å². The van der Waals surface area contributed by atoms with E-state index in [1.165, 1.54) is 0 Å². The van der Waals surface area contributed by atoms with Gasteiger partial charge in [0.05, 0.1) is 12.2 Å². The van der Waals surface area contributed by atoms with E-state index in [9.17, 15) is 0 Å². The Labute approximate surface area is 66.8 Å². The highest BCUT2D eigenvalue weighted by molar-refractivity contribution is 5.09. The molecule has 0 aliphatic rings. The minimum absolute atomic E-state index is 0.757. The summed E-state index contributed by atoms with van der Waals surface area (Å²) in [6.45, 7) is 4.72. The first-order valence-corrected chi connectivity index (χ1v) is 3.87. The summed E-state index contributed by atoms with van der Waals surface area (Å²) in [5.74, 6) is 1.72. The zero-order valence-corrected chi connectivity index (χ0v) is 7.27. The predicted octanol–water partition coefficient (Wildman–Crippen LogP) is 1.26. The highest BCUT2D eigenvalue weighted by Gasteiger charge is 2.06. The van der Waals surface area contributed by atoms with Crippen molar-refractivity contribution in [3.63, 3.8) is 0 Å². The monoisotopic (exact) mass is 154 g/mol. The highest BCUT2D eigenvalue weighted by atomic mass is 16.4. The molecule has 0 aliphatic heterocycles. The lowest BCUT2D eigenvalue weighted by Gasteiger charge is -1.94. The first kappa shape index (κ1) is 8.27. The first-order chi connectivity index (χ1) is 5.27. The van der Waals surface area contributed by atoms with Crippen LogP contribution in [0.4, 0.5) is 0 Å². The van der Waals surface area contributed by atoms with Crippen molar-refractivity contribution in [1.82, 2.24) is 10.3 Å². The lowest BCUT2D eigenvalue weighted by Crippen LogP contribution is -2.05. The molecular weight excluding hydrogens is 140 g/mol. The van der Waals surface area contributed by atoms with Gasteiger partial charge < -0.3 is 9.73 Å². The Balaban J connectivity index is 2.83. The number of aromatic nitrogens is 1. The molecule has 1 N–H and O–H groups in total. The number of hydrogen-bond acceptors (Lipinski definition) is 3. The molecule has 1 aromatic rings. The summed E-state index contributed by atoms with van der Waals surface area (Å²) in [5.41, 5.74) is 1.07. The Morgan fingerprint density at radius 2 is 2.27 bits per heavy atom. The van der Waals surface area contributed by atoms with E-state index in [0.29, 0.717) is 0 Å². The van der Waals surface area contributed by atoms with E-state index in [4.69, 9.17) is 4.42 Å². The second-order valence-corrected chi connectivity index (χ2v) is 2.49. The smallest absolute Gasteiger partial charge is 0.191 e. The Kier molecular flexibility index (Phi) is 2.65. The van der Waals surface area contributed by atoms with Gasteiger partial charge >= 0.3 is 0 Å². The van der Waals surface area contributed by atoms with Crippen LogP contribution in [0.1, 0.15) is 24.3 Å². The summed E-state index contributed by atoms with van der Waals surface area (Å²) in [6, 6.07) is 0. The zero-order valence-electron chi connectivity index (χ0n) is 7.27. The number of aryl methyl sites for hydroxylation is 2. The Hall–Kier alpha value is -0.830. The zero-order chi connectivity index (χ0) is 8.27. The topological polar surface area (TPSA) is 38.1 Å². The Morgan fingerprint density at radius 1 is 1.55 bits per heavy atom. The van der Waals surface area contributed by atoms with E-state index in [1.54, 1.807) is 0 Å². The molecule has 62 valence electrons. The lowest BCUT2D eigenvalue weighted by molar-refractivity contribution is 0.462. The maximum absolute atomic E-state index is 5.37. The van der Waals surface area contributed by atoms with Gasteiger partial charge in [-0.15, -0.1) is 0 Å². The van der Waals surface area contributed by atoms with Crippen molar-refractivity contribution in [2.24, 2.45) is 0 Å². The maximum Gasteiger partial charge on any atom is 0.191 e. The minimum atomic E-state index is 0.757. The van der Waals surface area contributed by atoms with Crippen LogP contribution in [0.3, 0.4) is 0 Å². The van der Waals surface area contributed by atoms with Crippen molar-refractivity contribution < 1.29 is 4.42 Å². The van der Waals surface area contributed by atoms with Crippen LogP contribution in [0.5, 0.6) is 0 Å². The van der Waals surface area contributed by atoms with Crippen LogP contribution in [0, 0.1) is 6.92 Å². The quantitative estimate of drug-likeness (QED) is 0.712. The number of nitrogens with one attached hydrogen (secondary N) is 1. The normalized spacial score (nSPS) is 10.5. The number of rotatable bonds is 3. The summed E-state index contributed by atoms with van der Waals surface area (Å²) in [5, 5.41) is 3.04. The van der Waals surface area contributed by atoms with Gasteiger partial charge in [-0.3, -0.25) is 0 Å². The summed E-state index contributed by atoms with van der Waals surface area (Å²) in [6.07, 6.45) is 0.939. The molecule has 0 unspecified atom stereocenters. The fourth-order valence-corrected chi connectivity index (χ4v) is 1.09. The van der Waals surface area contributed by atoms with Gasteiger partial charge in [-0.25, -0.2) is 4.98 Å². The van der Waals surface area contributed by atoms with Gasteiger partial charge in [0.25, 0.3) is 0 Å². The van der Waals surface area contributed by atoms with E-state index in [1.807, 2.05) is 14.0 Å². The van der Waals surface area contributed by atoms with Crippen LogP contribution < -0.4 is 5.32 Å². The molecule has 1 aromatic heterocycles. The van der Waals surface area contributed by atoms with Crippen molar-refractivity contribution in [2.45, 2.75) is 26.8 Å². The van der Waals surface area contributed by atoms with Crippen molar-refractivity contribution >= 4 is 0 Å². The molecule has 0 radical (unpaired) electrons. The van der Waals surface area contributed by atoms with Crippen molar-refractivity contribution in [1.29, 1.82) is 0 Å². The second kappa shape index (κ2) is 3.53. The second-order valence-electron chi connectivity index (χ2n) is 2.49. The molecule has 1 rings (SSSR count). The number of hydrogen-bond donors (Lipinski definition) is 1. The van der Waals surface area contributed by atoms with Crippen LogP contribution >= 0.6 is 0 Å². The van der Waals surface area contributed by atoms with Gasteiger partial charge in [0.15, 0.2) is 5.89 Å². The lowest BCUT2D eigenvalue weighted by atomic mass is 10.3. The Morgan fingerprint density at radius 3 is 2.82 bits per heavy atom. The van der Waals surface area contributed by atoms with Crippen LogP contribution in [-0.4, -0.2) is 12.0 Å². The summed E-state index contributed by atoms with van der Waals surface area (Å²) in [4.78, 5) is 4.24. The summed E-state index contributed by atoms with van der Waals surface area (Å²) < 4.78 is 5.37. The largest absolute Gasteiger partial charge is 0.444 e. The number of nitrogens with zero attached hydrogens (tertiary/aromatic N) is 1. The van der Waals surface area contributed by atoms with E-state index in [2.05, 4.69) is 17.2 Å². The maximum atomic E-state index is 5.37. The molecule has 0 saturated heterocycles. The Bertz CT molecular complexity index is 230. The van der Waals surface area contributed by atoms with Gasteiger partial charge in [-0.2, -0.15) is 0 Å². The number of oxazole rings is 1. The van der Waals surface area contributed by atoms with Gasteiger partial charge in [0.2, 0.25) is 0 Å². The molecule has 3 nitrogen and oxygen atoms in total. The molecule has 1 heterocycles. The third-order valence-corrected chi connectivity index (χ3v) is 1.56. The molecule has 0 bridgehead atoms. The van der Waals surface area contributed by atoms with Gasteiger partial charge in [-0.05, 0) is 13.5 Å². The van der Waals surface area contributed by atoms with E-state index < -0.39 is 0 Å². The average molecular weight is 154 g/mol. The molecule has 0 aliphatic carbocycles. The van der Waals surface area contributed by atoms with E-state index >= 15 is 0 Å². The average Bonchev–Trinajstić information content (AvgIpc) is 2.32. The van der Waals surface area contributed by atoms with Crippen LogP contribution in [0.2, 0.25) is 0 Å². The summed E-state index contributed by atoms with van der Waals surface area (Å²) in [7, 11) is 1.90. The standard InChI is InChI=1S/C8H14N2O/c1-4-7-8(5-9-3)11-6(2)10-7/h9H,4-5H2,1-3H3. The third-order valence-electron chi connectivity index (χ3n) is 1.56. The third kappa shape index (κ3) is 1.80. The highest BCUT2D eigenvalue weighted by Crippen LogP contribution is 2.10. The first-order valence-electron chi connectivity index (χ1n) is 3.87. The van der Waals surface area contributed by atoms with Crippen LogP contribution in [-0.2, 0) is 13.0 Å². The molecule has 0 amide bonds. The van der Waals surface area contributed by atoms with Gasteiger partial charge in [-0.1, -0.05) is 6.92 Å². The van der Waals surface area contributed by atoms with Gasteiger partial charge in [0.1, 0.15) is 5.76 Å². The van der Waals surface area contributed by atoms with Crippen molar-refractivity contribution in [3.05, 3.63) is 17.3 Å². The minimum Gasteiger partial charge on any atom is -0.444 e. The molecule has 0 atom stereocenters. The predicted molar refractivity (Wildman–Crippen MR) is 43.4 cm³/mol. The fourth-order valence-electron chi connectivity index (χ4n) is 1.09. The molecule has 0 saturated carbocycles. The van der Waals surface area contributed by atoms with Gasteiger partial charge in [0, 0.05) is 6.92 Å². The molecule has 0 aromatic carbocycles. The van der Waals surface area contributed by atoms with Crippen LogP contribution in [0.25, 0.3) is 0 Å². The van der Waals surface area contributed by atoms with Crippen LogP contribution in [0.15, 0.2) is 4.42 Å². The molecule has 0 fully saturated rings. The SMILES string of the molecule is CCc1nc(C)oc1CNC. The molecule has 11 heavy (non-hydrogen) atoms. The van der Waals surface area contributed by atoms with Crippen molar-refractivity contribution in [3.8, 4) is 0 Å². The molecule has 3 heteroatoms. The van der Waals surface area contributed by atoms with E-state index in [0.717, 1.165) is 30.3 Å².